The van der Waals surface area contributed by atoms with Crippen LogP contribution < -0.4 is 10.6 Å². The predicted octanol–water partition coefficient (Wildman–Crippen LogP) is 8.17. The molecule has 334 valence electrons. The maximum Gasteiger partial charge on any atom is 0.331 e. The number of likely N-dealkylation sites (tertiary alicyclic amines) is 2. The van der Waals surface area contributed by atoms with Crippen LogP contribution in [-0.2, 0) is 32.3 Å². The van der Waals surface area contributed by atoms with Gasteiger partial charge in [0.15, 0.2) is 12.1 Å². The molecule has 0 saturated carbocycles. The van der Waals surface area contributed by atoms with Crippen LogP contribution in [0.5, 0.6) is 0 Å². The zero-order chi connectivity index (χ0) is 45.8. The summed E-state index contributed by atoms with van der Waals surface area (Å²) in [4.78, 5) is 69.0. The van der Waals surface area contributed by atoms with Gasteiger partial charge in [-0.2, -0.15) is 0 Å². The fourth-order valence-corrected chi connectivity index (χ4v) is 8.88. The standard InChI is InChI=1S/C54H52N6O6/c61-51(45-31-17-33-59(45)35-37-19-5-1-6-20-37)55-43-29-15-13-27-41(43)47(39-23-9-3-10-24-39)57-49(53(63)64)50(54(65)66)58-48(40-25-11-4-12-26-40)42-28-14-16-30-44(42)56-52(62)46-32-18-34-60(46)36-38-21-7-2-8-22-38/h1-16,19-30,45-46,49-50H,17-18,31-36H2,(H,55,61)(H,56,62)(H,63,64)(H,65,66)/t45-,46+,49?,50?. The summed E-state index contributed by atoms with van der Waals surface area (Å²) in [5.41, 5.74) is 5.17. The van der Waals surface area contributed by atoms with Crippen molar-refractivity contribution in [1.29, 1.82) is 0 Å². The van der Waals surface area contributed by atoms with Gasteiger partial charge in [0.2, 0.25) is 11.8 Å². The summed E-state index contributed by atoms with van der Waals surface area (Å²) < 4.78 is 0. The minimum atomic E-state index is -1.94. The van der Waals surface area contributed by atoms with E-state index >= 15 is 0 Å². The Morgan fingerprint density at radius 1 is 0.485 bits per heavy atom. The minimum absolute atomic E-state index is 0.165. The molecule has 2 saturated heterocycles. The average Bonchev–Trinajstić information content (AvgIpc) is 4.02. The van der Waals surface area contributed by atoms with Crippen LogP contribution >= 0.6 is 0 Å². The van der Waals surface area contributed by atoms with E-state index in [1.54, 1.807) is 97.1 Å². The zero-order valence-corrected chi connectivity index (χ0v) is 36.4. The van der Waals surface area contributed by atoms with E-state index in [2.05, 4.69) is 20.4 Å². The van der Waals surface area contributed by atoms with Crippen molar-refractivity contribution in [2.75, 3.05) is 23.7 Å². The van der Waals surface area contributed by atoms with Crippen molar-refractivity contribution >= 4 is 46.6 Å². The third kappa shape index (κ3) is 10.9. The number of hydrogen-bond acceptors (Lipinski definition) is 8. The molecule has 12 nitrogen and oxygen atoms in total. The predicted molar refractivity (Wildman–Crippen MR) is 257 cm³/mol. The molecule has 0 bridgehead atoms. The highest BCUT2D eigenvalue weighted by Crippen LogP contribution is 2.28. The van der Waals surface area contributed by atoms with Gasteiger partial charge in [0.1, 0.15) is 0 Å². The molecule has 0 aliphatic carbocycles. The van der Waals surface area contributed by atoms with Gasteiger partial charge in [-0.15, -0.1) is 0 Å². The lowest BCUT2D eigenvalue weighted by Crippen LogP contribution is -2.40. The highest BCUT2D eigenvalue weighted by molar-refractivity contribution is 6.19. The number of carboxylic acids is 2. The SMILES string of the molecule is O=C(O)C(N=C(c1ccccc1)c1ccccc1NC(=O)[C@H]1CCCN1Cc1ccccc1)C(N=C(c1ccccc1)c1ccccc1NC(=O)[C@@H]1CCCN1Cc1ccccc1)C(=O)O. The van der Waals surface area contributed by atoms with Gasteiger partial charge in [-0.25, -0.2) is 9.59 Å². The number of aliphatic carboxylic acids is 2. The lowest BCUT2D eigenvalue weighted by atomic mass is 9.97. The topological polar surface area (TPSA) is 164 Å². The van der Waals surface area contributed by atoms with E-state index in [4.69, 9.17) is 9.98 Å². The van der Waals surface area contributed by atoms with E-state index in [0.717, 1.165) is 37.1 Å². The fourth-order valence-electron chi connectivity index (χ4n) is 8.88. The van der Waals surface area contributed by atoms with Gasteiger partial charge in [0, 0.05) is 35.3 Å². The number of nitrogens with one attached hydrogen (secondary N) is 2. The Labute approximate surface area is 384 Å². The first-order chi connectivity index (χ1) is 32.2. The number of carboxylic acid groups (broad SMARTS) is 2. The molecular weight excluding hydrogens is 829 g/mol. The summed E-state index contributed by atoms with van der Waals surface area (Å²) in [5, 5.41) is 28.1. The molecule has 4 N–H and O–H groups in total. The molecule has 0 aromatic heterocycles. The highest BCUT2D eigenvalue weighted by Gasteiger charge is 2.37. The molecule has 8 rings (SSSR count). The third-order valence-corrected chi connectivity index (χ3v) is 12.1. The Bertz CT molecular complexity index is 2510. The van der Waals surface area contributed by atoms with Crippen molar-refractivity contribution < 1.29 is 29.4 Å². The third-order valence-electron chi connectivity index (χ3n) is 12.1. The maximum absolute atomic E-state index is 14.1. The van der Waals surface area contributed by atoms with Crippen LogP contribution in [0.3, 0.4) is 0 Å². The molecule has 66 heavy (non-hydrogen) atoms. The number of carbonyl (C=O) groups is 4. The van der Waals surface area contributed by atoms with E-state index < -0.39 is 36.1 Å². The first kappa shape index (κ1) is 45.0. The molecule has 2 unspecified atom stereocenters. The number of hydrogen-bond donors (Lipinski definition) is 4. The maximum atomic E-state index is 14.1. The van der Waals surface area contributed by atoms with Gasteiger partial charge >= 0.3 is 11.9 Å². The van der Waals surface area contributed by atoms with Crippen molar-refractivity contribution in [1.82, 2.24) is 9.80 Å². The number of nitrogens with zero attached hydrogens (tertiary/aromatic N) is 4. The van der Waals surface area contributed by atoms with Crippen molar-refractivity contribution in [3.63, 3.8) is 0 Å². The summed E-state index contributed by atoms with van der Waals surface area (Å²) in [6, 6.07) is 47.0. The van der Waals surface area contributed by atoms with Crippen LogP contribution in [0.2, 0.25) is 0 Å². The van der Waals surface area contributed by atoms with Crippen LogP contribution in [0.1, 0.15) is 59.1 Å². The second kappa shape index (κ2) is 21.4. The van der Waals surface area contributed by atoms with Crippen molar-refractivity contribution in [2.24, 2.45) is 9.98 Å². The average molecular weight is 881 g/mol. The second-order valence-electron chi connectivity index (χ2n) is 16.6. The van der Waals surface area contributed by atoms with Crippen LogP contribution in [0.25, 0.3) is 0 Å². The van der Waals surface area contributed by atoms with Crippen LogP contribution in [-0.4, -0.2) is 92.4 Å². The van der Waals surface area contributed by atoms with Gasteiger partial charge in [0.25, 0.3) is 0 Å². The molecule has 0 spiro atoms. The number of anilines is 2. The summed E-state index contributed by atoms with van der Waals surface area (Å²) in [6.45, 7) is 2.76. The Balaban J connectivity index is 1.15. The Morgan fingerprint density at radius 3 is 1.18 bits per heavy atom. The summed E-state index contributed by atoms with van der Waals surface area (Å²) in [5.74, 6) is -3.45. The number of carbonyl (C=O) groups excluding carboxylic acids is 2. The van der Waals surface area contributed by atoms with E-state index in [0.29, 0.717) is 59.6 Å². The molecule has 2 fully saturated rings. The van der Waals surface area contributed by atoms with Gasteiger partial charge in [-0.05, 0) is 62.0 Å². The van der Waals surface area contributed by atoms with E-state index in [1.165, 1.54) is 0 Å². The molecule has 4 atom stereocenters. The lowest BCUT2D eigenvalue weighted by molar-refractivity contribution is -0.146. The minimum Gasteiger partial charge on any atom is -0.480 e. The number of para-hydroxylation sites is 2. The first-order valence-electron chi connectivity index (χ1n) is 22.3. The molecule has 6 aromatic carbocycles. The largest absolute Gasteiger partial charge is 0.480 e. The van der Waals surface area contributed by atoms with Crippen LogP contribution in [0.4, 0.5) is 11.4 Å². The monoisotopic (exact) mass is 880 g/mol. The van der Waals surface area contributed by atoms with E-state index in [1.807, 2.05) is 72.8 Å². The number of aliphatic imine (C=N–C) groups is 2. The molecule has 6 aromatic rings. The molecule has 2 aliphatic rings. The van der Waals surface area contributed by atoms with E-state index in [9.17, 15) is 29.4 Å². The number of amides is 2. The molecule has 12 heteroatoms. The summed E-state index contributed by atoms with van der Waals surface area (Å²) in [6.07, 6.45) is 3.06. The second-order valence-corrected chi connectivity index (χ2v) is 16.6. The highest BCUT2D eigenvalue weighted by atomic mass is 16.4. The molecule has 2 aliphatic heterocycles. The normalized spacial score (nSPS) is 17.8. The Hall–Kier alpha value is -7.54. The van der Waals surface area contributed by atoms with Crippen molar-refractivity contribution in [2.45, 2.75) is 62.9 Å². The van der Waals surface area contributed by atoms with Crippen molar-refractivity contribution in [3.8, 4) is 0 Å². The van der Waals surface area contributed by atoms with Crippen molar-refractivity contribution in [3.05, 3.63) is 203 Å². The molecule has 2 heterocycles. The zero-order valence-electron chi connectivity index (χ0n) is 36.4. The molecule has 2 amide bonds. The number of benzene rings is 6. The van der Waals surface area contributed by atoms with Gasteiger partial charge in [-0.3, -0.25) is 29.4 Å². The number of rotatable bonds is 17. The first-order valence-corrected chi connectivity index (χ1v) is 22.3. The fraction of sp³-hybridized carbons (Fsp3) is 0.222. The van der Waals surface area contributed by atoms with Gasteiger partial charge in [-0.1, -0.05) is 158 Å². The quantitative estimate of drug-likeness (QED) is 0.0667. The lowest BCUT2D eigenvalue weighted by Gasteiger charge is -2.25. The van der Waals surface area contributed by atoms with Gasteiger partial charge < -0.3 is 20.8 Å². The summed E-state index contributed by atoms with van der Waals surface area (Å²) >= 11 is 0. The van der Waals surface area contributed by atoms with Crippen LogP contribution in [0.15, 0.2) is 180 Å². The van der Waals surface area contributed by atoms with E-state index in [-0.39, 0.29) is 23.2 Å². The Kier molecular flexibility index (Phi) is 14.6. The molecule has 0 radical (unpaired) electrons. The summed E-state index contributed by atoms with van der Waals surface area (Å²) in [7, 11) is 0. The Morgan fingerprint density at radius 2 is 0.818 bits per heavy atom. The van der Waals surface area contributed by atoms with Gasteiger partial charge in [0.05, 0.1) is 34.9 Å². The smallest absolute Gasteiger partial charge is 0.331 e. The molecular formula is C54H52N6O6. The van der Waals surface area contributed by atoms with Crippen LogP contribution in [0, 0.1) is 0 Å².